The molecule has 0 saturated carbocycles. The Morgan fingerprint density at radius 2 is 1.80 bits per heavy atom. The number of rotatable bonds is 4. The second kappa shape index (κ2) is 6.24. The van der Waals surface area contributed by atoms with Gasteiger partial charge in [-0.1, -0.05) is 42.0 Å². The van der Waals surface area contributed by atoms with Crippen LogP contribution in [0.5, 0.6) is 5.75 Å². The summed E-state index contributed by atoms with van der Waals surface area (Å²) in [6, 6.07) is 13.4. The summed E-state index contributed by atoms with van der Waals surface area (Å²) >= 11 is 0. The van der Waals surface area contributed by atoms with Gasteiger partial charge in [0.25, 0.3) is 0 Å². The van der Waals surface area contributed by atoms with Crippen molar-refractivity contribution in [1.82, 2.24) is 0 Å². The van der Waals surface area contributed by atoms with E-state index < -0.39 is 5.97 Å². The molecule has 0 atom stereocenters. The standard InChI is InChI=1S/C17H18O3/c1-12-6-8-13(9-7-12)10-11-14-4-3-5-15(18)16(14)17(19)20-2/h3-9,18H,10-11H2,1-2H3. The van der Waals surface area contributed by atoms with Crippen LogP contribution in [0.15, 0.2) is 42.5 Å². The van der Waals surface area contributed by atoms with E-state index in [9.17, 15) is 9.90 Å². The molecule has 0 fully saturated rings. The number of carbonyl (C=O) groups excluding carboxylic acids is 1. The molecule has 20 heavy (non-hydrogen) atoms. The highest BCUT2D eigenvalue weighted by atomic mass is 16.5. The molecule has 0 spiro atoms. The van der Waals surface area contributed by atoms with Gasteiger partial charge in [0.15, 0.2) is 0 Å². The Bertz CT molecular complexity index is 600. The molecule has 0 saturated heterocycles. The van der Waals surface area contributed by atoms with Gasteiger partial charge < -0.3 is 9.84 Å². The van der Waals surface area contributed by atoms with Crippen molar-refractivity contribution in [3.63, 3.8) is 0 Å². The molecule has 104 valence electrons. The predicted molar refractivity (Wildman–Crippen MR) is 78.0 cm³/mol. The van der Waals surface area contributed by atoms with Crippen molar-refractivity contribution in [2.45, 2.75) is 19.8 Å². The van der Waals surface area contributed by atoms with E-state index in [1.54, 1.807) is 6.07 Å². The van der Waals surface area contributed by atoms with Gasteiger partial charge in [0.2, 0.25) is 0 Å². The zero-order chi connectivity index (χ0) is 14.5. The Morgan fingerprint density at radius 1 is 1.10 bits per heavy atom. The van der Waals surface area contributed by atoms with Gasteiger partial charge in [-0.2, -0.15) is 0 Å². The number of hydrogen-bond acceptors (Lipinski definition) is 3. The Balaban J connectivity index is 2.19. The van der Waals surface area contributed by atoms with Gasteiger partial charge in [0.05, 0.1) is 7.11 Å². The van der Waals surface area contributed by atoms with Crippen LogP contribution < -0.4 is 0 Å². The van der Waals surface area contributed by atoms with Crippen LogP contribution in [-0.2, 0) is 17.6 Å². The second-order valence-corrected chi connectivity index (χ2v) is 4.79. The number of esters is 1. The highest BCUT2D eigenvalue weighted by Crippen LogP contribution is 2.23. The topological polar surface area (TPSA) is 46.5 Å². The molecule has 0 heterocycles. The lowest BCUT2D eigenvalue weighted by Gasteiger charge is -2.09. The monoisotopic (exact) mass is 270 g/mol. The molecule has 0 aliphatic heterocycles. The zero-order valence-electron chi connectivity index (χ0n) is 11.7. The van der Waals surface area contributed by atoms with Crippen LogP contribution in [0.1, 0.15) is 27.0 Å². The first-order chi connectivity index (χ1) is 9.61. The van der Waals surface area contributed by atoms with Crippen LogP contribution in [0.25, 0.3) is 0 Å². The molecule has 1 N–H and O–H groups in total. The number of carbonyl (C=O) groups is 1. The third kappa shape index (κ3) is 3.18. The highest BCUT2D eigenvalue weighted by Gasteiger charge is 2.16. The summed E-state index contributed by atoms with van der Waals surface area (Å²) < 4.78 is 4.73. The molecule has 0 aliphatic rings. The molecule has 0 bridgehead atoms. The van der Waals surface area contributed by atoms with Gasteiger partial charge in [-0.05, 0) is 37.0 Å². The molecular weight excluding hydrogens is 252 g/mol. The average molecular weight is 270 g/mol. The smallest absolute Gasteiger partial charge is 0.341 e. The van der Waals surface area contributed by atoms with Crippen LogP contribution in [0, 0.1) is 6.92 Å². The molecule has 0 unspecified atom stereocenters. The first-order valence-corrected chi connectivity index (χ1v) is 6.56. The fourth-order valence-electron chi connectivity index (χ4n) is 2.17. The van der Waals surface area contributed by atoms with E-state index in [1.165, 1.54) is 24.3 Å². The largest absolute Gasteiger partial charge is 0.507 e. The summed E-state index contributed by atoms with van der Waals surface area (Å²) in [7, 11) is 1.32. The second-order valence-electron chi connectivity index (χ2n) is 4.79. The van der Waals surface area contributed by atoms with Crippen molar-refractivity contribution >= 4 is 5.97 Å². The maximum atomic E-state index is 11.7. The zero-order valence-corrected chi connectivity index (χ0v) is 11.7. The van der Waals surface area contributed by atoms with Crippen LogP contribution >= 0.6 is 0 Å². The number of benzene rings is 2. The maximum Gasteiger partial charge on any atom is 0.341 e. The van der Waals surface area contributed by atoms with Gasteiger partial charge >= 0.3 is 5.97 Å². The minimum Gasteiger partial charge on any atom is -0.507 e. The molecule has 0 amide bonds. The van der Waals surface area contributed by atoms with Crippen molar-refractivity contribution in [1.29, 1.82) is 0 Å². The molecule has 2 aromatic carbocycles. The molecule has 3 nitrogen and oxygen atoms in total. The number of hydrogen-bond donors (Lipinski definition) is 1. The summed E-state index contributed by atoms with van der Waals surface area (Å²) in [5.41, 5.74) is 3.50. The quantitative estimate of drug-likeness (QED) is 0.867. The Labute approximate surface area is 118 Å². The van der Waals surface area contributed by atoms with Gasteiger partial charge in [0, 0.05) is 0 Å². The summed E-state index contributed by atoms with van der Waals surface area (Å²) in [6.45, 7) is 2.05. The third-order valence-electron chi connectivity index (χ3n) is 3.32. The van der Waals surface area contributed by atoms with Crippen molar-refractivity contribution in [3.05, 3.63) is 64.7 Å². The molecule has 3 heteroatoms. The van der Waals surface area contributed by atoms with Gasteiger partial charge in [-0.15, -0.1) is 0 Å². The Morgan fingerprint density at radius 3 is 2.45 bits per heavy atom. The van der Waals surface area contributed by atoms with Crippen LogP contribution in [0.2, 0.25) is 0 Å². The predicted octanol–water partition coefficient (Wildman–Crippen LogP) is 3.27. The van der Waals surface area contributed by atoms with Crippen LogP contribution in [-0.4, -0.2) is 18.2 Å². The van der Waals surface area contributed by atoms with E-state index in [0.717, 1.165) is 12.0 Å². The molecule has 0 aromatic heterocycles. The Hall–Kier alpha value is -2.29. The summed E-state index contributed by atoms with van der Waals surface area (Å²) in [4.78, 5) is 11.7. The van der Waals surface area contributed by atoms with E-state index in [2.05, 4.69) is 24.3 Å². The lowest BCUT2D eigenvalue weighted by Crippen LogP contribution is -2.07. The summed E-state index contributed by atoms with van der Waals surface area (Å²) in [6.07, 6.45) is 1.50. The van der Waals surface area contributed by atoms with Gasteiger partial charge in [0.1, 0.15) is 11.3 Å². The number of methoxy groups -OCH3 is 1. The van der Waals surface area contributed by atoms with E-state index in [1.807, 2.05) is 13.0 Å². The number of aryl methyl sites for hydroxylation is 3. The lowest BCUT2D eigenvalue weighted by atomic mass is 9.98. The number of ether oxygens (including phenoxy) is 1. The van der Waals surface area contributed by atoms with Crippen molar-refractivity contribution < 1.29 is 14.6 Å². The molecule has 0 aliphatic carbocycles. The molecule has 0 radical (unpaired) electrons. The molecule has 2 rings (SSSR count). The minimum absolute atomic E-state index is 0.0294. The number of phenols is 1. The van der Waals surface area contributed by atoms with E-state index >= 15 is 0 Å². The van der Waals surface area contributed by atoms with E-state index in [-0.39, 0.29) is 11.3 Å². The fourth-order valence-corrected chi connectivity index (χ4v) is 2.17. The van der Waals surface area contributed by atoms with Crippen molar-refractivity contribution in [2.24, 2.45) is 0 Å². The van der Waals surface area contributed by atoms with E-state index in [0.29, 0.717) is 6.42 Å². The third-order valence-corrected chi connectivity index (χ3v) is 3.32. The van der Waals surface area contributed by atoms with Crippen molar-refractivity contribution in [2.75, 3.05) is 7.11 Å². The number of aromatic hydroxyl groups is 1. The van der Waals surface area contributed by atoms with E-state index in [4.69, 9.17) is 4.74 Å². The summed E-state index contributed by atoms with van der Waals surface area (Å²) in [5.74, 6) is -0.528. The normalized spacial score (nSPS) is 10.3. The Kier molecular flexibility index (Phi) is 4.41. The first kappa shape index (κ1) is 14.1. The SMILES string of the molecule is COC(=O)c1c(O)cccc1CCc1ccc(C)cc1. The van der Waals surface area contributed by atoms with Crippen LogP contribution in [0.4, 0.5) is 0 Å². The van der Waals surface area contributed by atoms with Crippen LogP contribution in [0.3, 0.4) is 0 Å². The minimum atomic E-state index is -0.498. The van der Waals surface area contributed by atoms with Crippen molar-refractivity contribution in [3.8, 4) is 5.75 Å². The first-order valence-electron chi connectivity index (χ1n) is 6.56. The average Bonchev–Trinajstić information content (AvgIpc) is 2.46. The fraction of sp³-hybridized carbons (Fsp3) is 0.235. The summed E-state index contributed by atoms with van der Waals surface area (Å²) in [5, 5.41) is 9.83. The highest BCUT2D eigenvalue weighted by molar-refractivity contribution is 5.94. The molecular formula is C17H18O3. The van der Waals surface area contributed by atoms with Gasteiger partial charge in [-0.25, -0.2) is 4.79 Å². The van der Waals surface area contributed by atoms with Gasteiger partial charge in [-0.3, -0.25) is 0 Å². The lowest BCUT2D eigenvalue weighted by molar-refractivity contribution is 0.0596. The number of phenolic OH excluding ortho intramolecular Hbond substituents is 1. The molecule has 2 aromatic rings. The maximum absolute atomic E-state index is 11.7.